The molecule has 3 heterocycles. The number of alkyl halides is 3. The molecule has 0 unspecified atom stereocenters. The summed E-state index contributed by atoms with van der Waals surface area (Å²) in [5.74, 6) is -0.128. The molecule has 0 radical (unpaired) electrons. The Morgan fingerprint density at radius 3 is 2.81 bits per heavy atom. The molecular formula is C25H22F3N5O3. The SMILES string of the molecule is Cc1ncn2c1c(N)nc1ccc(C(=O)N3C[C@@H](C)O[C@@H]4Cc5cc(OC(F)(F)F)ccc5[C@@H]43)cc12. The van der Waals surface area contributed by atoms with Crippen molar-refractivity contribution in [2.24, 2.45) is 0 Å². The first-order valence-corrected chi connectivity index (χ1v) is 11.5. The second kappa shape index (κ2) is 7.82. The third-order valence-corrected chi connectivity index (χ3v) is 6.81. The van der Waals surface area contributed by atoms with Crippen molar-refractivity contribution in [3.63, 3.8) is 0 Å². The number of morpholine rings is 1. The van der Waals surface area contributed by atoms with Crippen LogP contribution in [0.1, 0.15) is 40.1 Å². The smallest absolute Gasteiger partial charge is 0.406 e. The number of aromatic nitrogens is 3. The number of imidazole rings is 1. The van der Waals surface area contributed by atoms with Crippen molar-refractivity contribution in [3.8, 4) is 5.75 Å². The van der Waals surface area contributed by atoms with Crippen LogP contribution in [0.25, 0.3) is 16.6 Å². The van der Waals surface area contributed by atoms with E-state index in [0.29, 0.717) is 46.5 Å². The Hall–Kier alpha value is -3.86. The Morgan fingerprint density at radius 1 is 1.22 bits per heavy atom. The number of carbonyl (C=O) groups excluding carboxylic acids is 1. The van der Waals surface area contributed by atoms with Gasteiger partial charge in [-0.1, -0.05) is 6.07 Å². The monoisotopic (exact) mass is 497 g/mol. The van der Waals surface area contributed by atoms with Gasteiger partial charge in [-0.05, 0) is 55.3 Å². The molecule has 2 aliphatic rings. The second-order valence-electron chi connectivity index (χ2n) is 9.25. The van der Waals surface area contributed by atoms with Gasteiger partial charge in [-0.25, -0.2) is 9.97 Å². The van der Waals surface area contributed by atoms with E-state index in [1.807, 2.05) is 18.2 Å². The summed E-state index contributed by atoms with van der Waals surface area (Å²) in [6.07, 6.45) is -3.33. The van der Waals surface area contributed by atoms with Gasteiger partial charge < -0.3 is 20.1 Å². The van der Waals surface area contributed by atoms with E-state index in [4.69, 9.17) is 10.5 Å². The summed E-state index contributed by atoms with van der Waals surface area (Å²) in [6, 6.07) is 9.05. The summed E-state index contributed by atoms with van der Waals surface area (Å²) in [4.78, 5) is 24.4. The van der Waals surface area contributed by atoms with E-state index in [-0.39, 0.29) is 23.9 Å². The number of halogens is 3. The molecular weight excluding hydrogens is 475 g/mol. The minimum atomic E-state index is -4.78. The van der Waals surface area contributed by atoms with Gasteiger partial charge in [0.1, 0.15) is 23.4 Å². The van der Waals surface area contributed by atoms with E-state index in [0.717, 1.165) is 11.3 Å². The lowest BCUT2D eigenvalue weighted by Crippen LogP contribution is -2.50. The van der Waals surface area contributed by atoms with Gasteiger partial charge in [-0.15, -0.1) is 13.2 Å². The van der Waals surface area contributed by atoms with Gasteiger partial charge in [0, 0.05) is 18.5 Å². The number of rotatable bonds is 2. The lowest BCUT2D eigenvalue weighted by atomic mass is 10.0. The molecule has 0 spiro atoms. The zero-order valence-electron chi connectivity index (χ0n) is 19.4. The Morgan fingerprint density at radius 2 is 2.03 bits per heavy atom. The lowest BCUT2D eigenvalue weighted by molar-refractivity contribution is -0.274. The average Bonchev–Trinajstić information content (AvgIpc) is 3.37. The highest BCUT2D eigenvalue weighted by Gasteiger charge is 2.44. The second-order valence-corrected chi connectivity index (χ2v) is 9.25. The molecule has 1 aliphatic carbocycles. The maximum absolute atomic E-state index is 13.8. The van der Waals surface area contributed by atoms with Crippen LogP contribution >= 0.6 is 0 Å². The minimum absolute atomic E-state index is 0.202. The number of fused-ring (bicyclic) bond motifs is 6. The third kappa shape index (κ3) is 3.62. The number of hydrogen-bond donors (Lipinski definition) is 1. The summed E-state index contributed by atoms with van der Waals surface area (Å²) < 4.78 is 50.1. The Balaban J connectivity index is 1.39. The van der Waals surface area contributed by atoms with E-state index in [2.05, 4.69) is 14.7 Å². The molecule has 6 rings (SSSR count). The highest BCUT2D eigenvalue weighted by Crippen LogP contribution is 2.43. The van der Waals surface area contributed by atoms with Gasteiger partial charge in [0.25, 0.3) is 5.91 Å². The molecule has 11 heteroatoms. The predicted octanol–water partition coefficient (Wildman–Crippen LogP) is 4.20. The van der Waals surface area contributed by atoms with Gasteiger partial charge in [0.05, 0.1) is 35.0 Å². The van der Waals surface area contributed by atoms with E-state index in [9.17, 15) is 18.0 Å². The third-order valence-electron chi connectivity index (χ3n) is 6.81. The molecule has 36 heavy (non-hydrogen) atoms. The molecule has 2 aromatic carbocycles. The fraction of sp³-hybridized carbons (Fsp3) is 0.320. The number of hydrogen-bond acceptors (Lipinski definition) is 6. The highest BCUT2D eigenvalue weighted by molar-refractivity contribution is 5.98. The topological polar surface area (TPSA) is 95.0 Å². The van der Waals surface area contributed by atoms with Crippen LogP contribution in [-0.4, -0.2) is 50.3 Å². The van der Waals surface area contributed by atoms with E-state index in [1.54, 1.807) is 35.5 Å². The zero-order valence-corrected chi connectivity index (χ0v) is 19.4. The van der Waals surface area contributed by atoms with E-state index >= 15 is 0 Å². The van der Waals surface area contributed by atoms with E-state index in [1.165, 1.54) is 12.1 Å². The molecule has 186 valence electrons. The summed E-state index contributed by atoms with van der Waals surface area (Å²) in [6.45, 7) is 4.06. The Labute approximate surface area is 203 Å². The predicted molar refractivity (Wildman–Crippen MR) is 125 cm³/mol. The van der Waals surface area contributed by atoms with Crippen molar-refractivity contribution in [1.29, 1.82) is 0 Å². The molecule has 8 nitrogen and oxygen atoms in total. The molecule has 1 fully saturated rings. The summed E-state index contributed by atoms with van der Waals surface area (Å²) in [5, 5.41) is 0. The molecule has 3 atom stereocenters. The summed E-state index contributed by atoms with van der Waals surface area (Å²) in [7, 11) is 0. The first-order valence-electron chi connectivity index (χ1n) is 11.5. The van der Waals surface area contributed by atoms with Gasteiger partial charge in [-0.3, -0.25) is 9.20 Å². The van der Waals surface area contributed by atoms with Gasteiger partial charge in [0.15, 0.2) is 0 Å². The van der Waals surface area contributed by atoms with Crippen molar-refractivity contribution < 1.29 is 27.4 Å². The quantitative estimate of drug-likeness (QED) is 0.446. The van der Waals surface area contributed by atoms with Crippen LogP contribution in [0.15, 0.2) is 42.7 Å². The number of nitrogen functional groups attached to an aromatic ring is 1. The van der Waals surface area contributed by atoms with Crippen molar-refractivity contribution in [2.45, 2.75) is 44.9 Å². The average molecular weight is 497 g/mol. The van der Waals surface area contributed by atoms with Crippen molar-refractivity contribution in [2.75, 3.05) is 12.3 Å². The maximum atomic E-state index is 13.8. The van der Waals surface area contributed by atoms with Crippen LogP contribution in [0, 0.1) is 6.92 Å². The standard InChI is InChI=1S/C25H22F3N5O3/c1-12-10-32(22-17-5-4-16(36-25(26,27)28)7-15(17)9-20(22)35-12)24(34)14-3-6-18-19(8-14)33-11-30-13(2)21(33)23(29)31-18/h3-8,11-12,20,22H,9-10H2,1-2H3,(H2,29,31)/t12-,20-,22+/m1/s1. The Bertz CT molecular complexity index is 1530. The van der Waals surface area contributed by atoms with Crippen molar-refractivity contribution >= 4 is 28.3 Å². The fourth-order valence-corrected chi connectivity index (χ4v) is 5.43. The van der Waals surface area contributed by atoms with Gasteiger partial charge in [0.2, 0.25) is 0 Å². The zero-order chi connectivity index (χ0) is 25.4. The summed E-state index contributed by atoms with van der Waals surface area (Å²) >= 11 is 0. The number of nitrogens with two attached hydrogens (primary N) is 1. The first kappa shape index (κ1) is 22.6. The normalized spacial score (nSPS) is 21.6. The van der Waals surface area contributed by atoms with Crippen LogP contribution < -0.4 is 10.5 Å². The molecule has 0 saturated carbocycles. The minimum Gasteiger partial charge on any atom is -0.406 e. The van der Waals surface area contributed by atoms with Crippen molar-refractivity contribution in [1.82, 2.24) is 19.3 Å². The highest BCUT2D eigenvalue weighted by atomic mass is 19.4. The van der Waals surface area contributed by atoms with Crippen LogP contribution in [0.4, 0.5) is 19.0 Å². The molecule has 1 saturated heterocycles. The molecule has 4 aromatic rings. The largest absolute Gasteiger partial charge is 0.573 e. The number of carbonyl (C=O) groups is 1. The maximum Gasteiger partial charge on any atom is 0.573 e. The number of amides is 1. The molecule has 1 aliphatic heterocycles. The van der Waals surface area contributed by atoms with Crippen LogP contribution in [0.5, 0.6) is 5.75 Å². The number of anilines is 1. The van der Waals surface area contributed by atoms with Crippen LogP contribution in [0.2, 0.25) is 0 Å². The number of benzene rings is 2. The fourth-order valence-electron chi connectivity index (χ4n) is 5.43. The first-order chi connectivity index (χ1) is 17.1. The van der Waals surface area contributed by atoms with Gasteiger partial charge >= 0.3 is 6.36 Å². The number of nitrogens with zero attached hydrogens (tertiary/aromatic N) is 4. The van der Waals surface area contributed by atoms with Gasteiger partial charge in [-0.2, -0.15) is 0 Å². The van der Waals surface area contributed by atoms with Crippen LogP contribution in [-0.2, 0) is 11.2 Å². The number of aryl methyl sites for hydroxylation is 1. The van der Waals surface area contributed by atoms with E-state index < -0.39 is 12.4 Å². The molecule has 1 amide bonds. The lowest BCUT2D eigenvalue weighted by Gasteiger charge is -2.41. The molecule has 2 aromatic heterocycles. The molecule has 0 bridgehead atoms. The van der Waals surface area contributed by atoms with Crippen molar-refractivity contribution in [3.05, 3.63) is 65.1 Å². The number of ether oxygens (including phenoxy) is 2. The van der Waals surface area contributed by atoms with Crippen LogP contribution in [0.3, 0.4) is 0 Å². The Kier molecular flexibility index (Phi) is 4.91. The molecule has 2 N–H and O–H groups in total. The summed E-state index contributed by atoms with van der Waals surface area (Å²) in [5.41, 5.74) is 10.8.